The number of aliphatic hydroxyl groups is 1. The number of aliphatic hydroxyl groups excluding tert-OH is 1. The van der Waals surface area contributed by atoms with Crippen LogP contribution in [-0.2, 0) is 0 Å². The summed E-state index contributed by atoms with van der Waals surface area (Å²) in [6.07, 6.45) is 0.520. The number of hydrogen-bond acceptors (Lipinski definition) is 3. The zero-order valence-corrected chi connectivity index (χ0v) is 7.91. The summed E-state index contributed by atoms with van der Waals surface area (Å²) < 4.78 is 0. The van der Waals surface area contributed by atoms with E-state index < -0.39 is 11.0 Å². The summed E-state index contributed by atoms with van der Waals surface area (Å²) in [6.45, 7) is 5.81. The Morgan fingerprint density at radius 1 is 1.50 bits per heavy atom. The molecule has 0 aromatic heterocycles. The van der Waals surface area contributed by atoms with Crippen LogP contribution in [0.25, 0.3) is 0 Å². The molecule has 0 spiro atoms. The van der Waals surface area contributed by atoms with Crippen molar-refractivity contribution in [2.75, 3.05) is 6.54 Å². The van der Waals surface area contributed by atoms with Gasteiger partial charge in [0.1, 0.15) is 6.10 Å². The molecule has 72 valence electrons. The fourth-order valence-electron chi connectivity index (χ4n) is 0.863. The second-order valence-electron chi connectivity index (χ2n) is 4.27. The van der Waals surface area contributed by atoms with Crippen LogP contribution >= 0.6 is 0 Å². The monoisotopic (exact) mass is 175 g/mol. The Balaban J connectivity index is 3.57. The van der Waals surface area contributed by atoms with Gasteiger partial charge in [0, 0.05) is 4.92 Å². The Morgan fingerprint density at radius 2 is 2.00 bits per heavy atom. The van der Waals surface area contributed by atoms with E-state index in [1.54, 1.807) is 0 Å². The Kier molecular flexibility index (Phi) is 4.17. The molecule has 12 heavy (non-hydrogen) atoms. The van der Waals surface area contributed by atoms with Gasteiger partial charge < -0.3 is 5.11 Å². The molecule has 0 bridgehead atoms. The maximum Gasteiger partial charge on any atom is 0.229 e. The molecule has 1 N–H and O–H groups in total. The second kappa shape index (κ2) is 4.40. The van der Waals surface area contributed by atoms with Crippen molar-refractivity contribution < 1.29 is 10.0 Å². The van der Waals surface area contributed by atoms with Gasteiger partial charge in [0.15, 0.2) is 0 Å². The minimum absolute atomic E-state index is 0.136. The minimum Gasteiger partial charge on any atom is -0.386 e. The molecular formula is C8H17NO3. The number of nitrogens with zero attached hydrogens (tertiary/aromatic N) is 1. The third-order valence-corrected chi connectivity index (χ3v) is 1.59. The Bertz CT molecular complexity index is 151. The summed E-state index contributed by atoms with van der Waals surface area (Å²) in [4.78, 5) is 9.50. The first-order chi connectivity index (χ1) is 5.31. The van der Waals surface area contributed by atoms with Gasteiger partial charge in [-0.05, 0) is 18.3 Å². The third kappa shape index (κ3) is 7.47. The molecule has 0 aliphatic carbocycles. The molecular weight excluding hydrogens is 158 g/mol. The van der Waals surface area contributed by atoms with Gasteiger partial charge in [0.2, 0.25) is 6.54 Å². The average molecular weight is 175 g/mol. The van der Waals surface area contributed by atoms with Crippen molar-refractivity contribution in [1.82, 2.24) is 0 Å². The van der Waals surface area contributed by atoms with Crippen LogP contribution in [0.3, 0.4) is 0 Å². The van der Waals surface area contributed by atoms with E-state index in [1.165, 1.54) is 0 Å². The van der Waals surface area contributed by atoms with Crippen molar-refractivity contribution >= 4 is 0 Å². The lowest BCUT2D eigenvalue weighted by atomic mass is 9.89. The summed E-state index contributed by atoms with van der Waals surface area (Å²) >= 11 is 0. The van der Waals surface area contributed by atoms with Gasteiger partial charge in [-0.3, -0.25) is 10.1 Å². The predicted octanol–water partition coefficient (Wildman–Crippen LogP) is 1.45. The number of hydrogen-bond donors (Lipinski definition) is 1. The molecule has 4 heteroatoms. The van der Waals surface area contributed by atoms with Crippen LogP contribution in [0, 0.1) is 15.5 Å². The van der Waals surface area contributed by atoms with Gasteiger partial charge in [-0.1, -0.05) is 20.8 Å². The Morgan fingerprint density at radius 3 is 2.33 bits per heavy atom. The Labute approximate surface area is 72.7 Å². The zero-order chi connectivity index (χ0) is 9.78. The largest absolute Gasteiger partial charge is 0.386 e. The van der Waals surface area contributed by atoms with Gasteiger partial charge in [0.05, 0.1) is 0 Å². The van der Waals surface area contributed by atoms with Crippen molar-refractivity contribution in [2.45, 2.75) is 39.7 Å². The molecule has 4 nitrogen and oxygen atoms in total. The van der Waals surface area contributed by atoms with Gasteiger partial charge in [-0.2, -0.15) is 0 Å². The maximum atomic E-state index is 9.98. The fourth-order valence-corrected chi connectivity index (χ4v) is 0.863. The second-order valence-corrected chi connectivity index (χ2v) is 4.27. The highest BCUT2D eigenvalue weighted by Crippen LogP contribution is 2.21. The van der Waals surface area contributed by atoms with E-state index in [0.29, 0.717) is 6.42 Å². The van der Waals surface area contributed by atoms with Crippen LogP contribution in [0.1, 0.15) is 33.6 Å². The van der Waals surface area contributed by atoms with Crippen LogP contribution in [0.2, 0.25) is 0 Å². The lowest BCUT2D eigenvalue weighted by Gasteiger charge is -2.18. The van der Waals surface area contributed by atoms with E-state index in [0.717, 1.165) is 6.42 Å². The molecule has 1 atom stereocenters. The molecule has 0 fully saturated rings. The normalized spacial score (nSPS) is 14.3. The minimum atomic E-state index is -0.792. The van der Waals surface area contributed by atoms with Gasteiger partial charge in [-0.15, -0.1) is 0 Å². The molecule has 0 radical (unpaired) electrons. The first-order valence-electron chi connectivity index (χ1n) is 4.11. The smallest absolute Gasteiger partial charge is 0.229 e. The topological polar surface area (TPSA) is 63.4 Å². The van der Waals surface area contributed by atoms with Gasteiger partial charge in [0.25, 0.3) is 0 Å². The summed E-state index contributed by atoms with van der Waals surface area (Å²) in [5, 5.41) is 19.1. The van der Waals surface area contributed by atoms with E-state index in [-0.39, 0.29) is 12.0 Å². The van der Waals surface area contributed by atoms with E-state index in [9.17, 15) is 10.1 Å². The lowest BCUT2D eigenvalue weighted by molar-refractivity contribution is -0.490. The van der Waals surface area contributed by atoms with Crippen LogP contribution in [0.5, 0.6) is 0 Å². The molecule has 0 saturated carbocycles. The summed E-state index contributed by atoms with van der Waals surface area (Å²) in [5.41, 5.74) is 0.136. The molecule has 0 aliphatic rings. The van der Waals surface area contributed by atoms with Gasteiger partial charge in [-0.25, -0.2) is 0 Å². The summed E-state index contributed by atoms with van der Waals surface area (Å²) in [7, 11) is 0. The molecule has 0 aromatic rings. The average Bonchev–Trinajstić information content (AvgIpc) is 1.80. The third-order valence-electron chi connectivity index (χ3n) is 1.59. The Hall–Kier alpha value is -0.640. The van der Waals surface area contributed by atoms with Gasteiger partial charge >= 0.3 is 0 Å². The highest BCUT2D eigenvalue weighted by Gasteiger charge is 2.16. The van der Waals surface area contributed by atoms with E-state index in [1.807, 2.05) is 20.8 Å². The number of nitro groups is 1. The molecule has 0 rings (SSSR count). The summed E-state index contributed by atoms with van der Waals surface area (Å²) in [6, 6.07) is 0. The summed E-state index contributed by atoms with van der Waals surface area (Å²) in [5.74, 6) is 0. The SMILES string of the molecule is CC(C)(C)CCC(O)C[N+](=O)[O-]. The predicted molar refractivity (Wildman–Crippen MR) is 46.6 cm³/mol. The highest BCUT2D eigenvalue weighted by molar-refractivity contribution is 4.64. The van der Waals surface area contributed by atoms with E-state index in [2.05, 4.69) is 0 Å². The van der Waals surface area contributed by atoms with E-state index in [4.69, 9.17) is 5.11 Å². The van der Waals surface area contributed by atoms with Crippen LogP contribution in [0.4, 0.5) is 0 Å². The highest BCUT2D eigenvalue weighted by atomic mass is 16.6. The standard InChI is InChI=1S/C8H17NO3/c1-8(2,3)5-4-7(10)6-9(11)12/h7,10H,4-6H2,1-3H3. The molecule has 0 amide bonds. The van der Waals surface area contributed by atoms with Crippen molar-refractivity contribution in [3.05, 3.63) is 10.1 Å². The first-order valence-corrected chi connectivity index (χ1v) is 4.11. The van der Waals surface area contributed by atoms with Crippen LogP contribution in [-0.4, -0.2) is 22.7 Å². The molecule has 1 unspecified atom stereocenters. The molecule has 0 aromatic carbocycles. The first kappa shape index (κ1) is 11.4. The maximum absolute atomic E-state index is 9.98. The zero-order valence-electron chi connectivity index (χ0n) is 7.91. The van der Waals surface area contributed by atoms with Crippen molar-refractivity contribution in [2.24, 2.45) is 5.41 Å². The van der Waals surface area contributed by atoms with Crippen molar-refractivity contribution in [1.29, 1.82) is 0 Å². The van der Waals surface area contributed by atoms with Crippen molar-refractivity contribution in [3.63, 3.8) is 0 Å². The quantitative estimate of drug-likeness (QED) is 0.519. The van der Waals surface area contributed by atoms with E-state index >= 15 is 0 Å². The number of rotatable bonds is 4. The lowest BCUT2D eigenvalue weighted by Crippen LogP contribution is -2.21. The van der Waals surface area contributed by atoms with Crippen molar-refractivity contribution in [3.8, 4) is 0 Å². The molecule has 0 saturated heterocycles. The van der Waals surface area contributed by atoms with Crippen LogP contribution < -0.4 is 0 Å². The molecule has 0 heterocycles. The fraction of sp³-hybridized carbons (Fsp3) is 1.00. The molecule has 0 aliphatic heterocycles. The van der Waals surface area contributed by atoms with Crippen LogP contribution in [0.15, 0.2) is 0 Å².